The Kier molecular flexibility index (Phi) is 8.14. The van der Waals surface area contributed by atoms with Crippen LogP contribution >= 0.6 is 0 Å². The van der Waals surface area contributed by atoms with Gasteiger partial charge in [0.15, 0.2) is 18.0 Å². The van der Waals surface area contributed by atoms with Crippen molar-refractivity contribution < 1.29 is 52.1 Å². The van der Waals surface area contributed by atoms with Crippen LogP contribution in [0.25, 0.3) is 0 Å². The first kappa shape index (κ1) is 23.9. The lowest BCUT2D eigenvalue weighted by Gasteiger charge is -2.44. The molecule has 1 aromatic heterocycles. The maximum absolute atomic E-state index is 12.5. The SMILES string of the molecule is CC(=O)OC[C@@H]1O[C@H](OC(C)=O)[C@H](NC(=O)c2ccco2)[C@@H](OC(C)=O)[C@@H]1OC(C)=O. The molecule has 1 aromatic rings. The Bertz CT molecular complexity index is 819. The number of nitrogens with one attached hydrogen (secondary N) is 1. The lowest BCUT2D eigenvalue weighted by molar-refractivity contribution is -0.270. The zero-order valence-electron chi connectivity index (χ0n) is 17.3. The molecule has 1 N–H and O–H groups in total. The third kappa shape index (κ3) is 6.81. The molecule has 1 fully saturated rings. The third-order valence-corrected chi connectivity index (χ3v) is 4.03. The van der Waals surface area contributed by atoms with E-state index in [0.717, 1.165) is 27.7 Å². The van der Waals surface area contributed by atoms with E-state index < -0.39 is 67.0 Å². The van der Waals surface area contributed by atoms with Crippen molar-refractivity contribution in [2.24, 2.45) is 0 Å². The van der Waals surface area contributed by atoms with Crippen molar-refractivity contribution in [3.8, 4) is 0 Å². The highest BCUT2D eigenvalue weighted by Crippen LogP contribution is 2.28. The van der Waals surface area contributed by atoms with Crippen molar-refractivity contribution in [2.75, 3.05) is 6.61 Å². The van der Waals surface area contributed by atoms with Crippen LogP contribution in [0.15, 0.2) is 22.8 Å². The van der Waals surface area contributed by atoms with Crippen molar-refractivity contribution in [2.45, 2.75) is 58.3 Å². The van der Waals surface area contributed by atoms with Crippen molar-refractivity contribution >= 4 is 29.8 Å². The fourth-order valence-corrected chi connectivity index (χ4v) is 2.95. The van der Waals surface area contributed by atoms with Crippen molar-refractivity contribution in [1.29, 1.82) is 0 Å². The maximum atomic E-state index is 12.5. The van der Waals surface area contributed by atoms with Crippen LogP contribution in [0, 0.1) is 0 Å². The highest BCUT2D eigenvalue weighted by atomic mass is 16.7. The number of ether oxygens (including phenoxy) is 5. The smallest absolute Gasteiger partial charge is 0.305 e. The van der Waals surface area contributed by atoms with Gasteiger partial charge in [-0.15, -0.1) is 0 Å². The molecule has 0 aromatic carbocycles. The van der Waals surface area contributed by atoms with Gasteiger partial charge in [0, 0.05) is 27.7 Å². The Labute approximate surface area is 177 Å². The van der Waals surface area contributed by atoms with Crippen LogP contribution in [-0.2, 0) is 42.9 Å². The third-order valence-electron chi connectivity index (χ3n) is 4.03. The second-order valence-corrected chi connectivity index (χ2v) is 6.58. The summed E-state index contributed by atoms with van der Waals surface area (Å²) in [6, 6.07) is 1.58. The minimum atomic E-state index is -1.46. The molecule has 0 saturated carbocycles. The fraction of sp³-hybridized carbons (Fsp3) is 0.526. The zero-order valence-corrected chi connectivity index (χ0v) is 17.3. The molecule has 0 spiro atoms. The molecule has 170 valence electrons. The molecule has 12 heteroatoms. The van der Waals surface area contributed by atoms with Gasteiger partial charge >= 0.3 is 23.9 Å². The van der Waals surface area contributed by atoms with Gasteiger partial charge in [-0.25, -0.2) is 0 Å². The topological polar surface area (TPSA) is 157 Å². The van der Waals surface area contributed by atoms with E-state index >= 15 is 0 Å². The number of hydrogen-bond acceptors (Lipinski definition) is 11. The van der Waals surface area contributed by atoms with E-state index in [9.17, 15) is 24.0 Å². The first-order chi connectivity index (χ1) is 14.6. The van der Waals surface area contributed by atoms with Gasteiger partial charge in [0.1, 0.15) is 18.8 Å². The quantitative estimate of drug-likeness (QED) is 0.452. The molecule has 0 radical (unpaired) electrons. The standard InChI is InChI=1S/C19H23NO11/c1-9(21)27-8-14-16(28-10(2)22)17(29-11(3)23)15(19(31-14)30-12(4)24)20-18(25)13-6-5-7-26-13/h5-7,14-17,19H,8H2,1-4H3,(H,20,25)/t14-,15+,16+,17+,19-/m0/s1. The van der Waals surface area contributed by atoms with Crippen LogP contribution in [0.5, 0.6) is 0 Å². The average molecular weight is 441 g/mol. The molecular weight excluding hydrogens is 418 g/mol. The number of esters is 4. The fourth-order valence-electron chi connectivity index (χ4n) is 2.95. The summed E-state index contributed by atoms with van der Waals surface area (Å²) in [4.78, 5) is 58.9. The largest absolute Gasteiger partial charge is 0.463 e. The second kappa shape index (κ2) is 10.6. The number of hydrogen-bond donors (Lipinski definition) is 1. The Balaban J connectivity index is 2.42. The van der Waals surface area contributed by atoms with Crippen molar-refractivity contribution in [1.82, 2.24) is 5.32 Å². The minimum absolute atomic E-state index is 0.0748. The van der Waals surface area contributed by atoms with Gasteiger partial charge in [-0.05, 0) is 12.1 Å². The average Bonchev–Trinajstić information content (AvgIpc) is 3.18. The van der Waals surface area contributed by atoms with Crippen LogP contribution in [0.1, 0.15) is 38.2 Å². The minimum Gasteiger partial charge on any atom is -0.463 e. The molecule has 1 aliphatic rings. The van der Waals surface area contributed by atoms with Gasteiger partial charge in [0.25, 0.3) is 5.91 Å². The zero-order chi connectivity index (χ0) is 23.1. The maximum Gasteiger partial charge on any atom is 0.305 e. The molecule has 31 heavy (non-hydrogen) atoms. The van der Waals surface area contributed by atoms with E-state index in [1.807, 2.05) is 0 Å². The number of amides is 1. The number of carbonyl (C=O) groups excluding carboxylic acids is 5. The molecule has 0 bridgehead atoms. The van der Waals surface area contributed by atoms with Crippen LogP contribution in [0.2, 0.25) is 0 Å². The van der Waals surface area contributed by atoms with E-state index in [-0.39, 0.29) is 5.76 Å². The second-order valence-electron chi connectivity index (χ2n) is 6.58. The summed E-state index contributed by atoms with van der Waals surface area (Å²) < 4.78 is 31.4. The summed E-state index contributed by atoms with van der Waals surface area (Å²) in [6.45, 7) is 4.08. The van der Waals surface area contributed by atoms with Crippen LogP contribution in [-0.4, -0.2) is 67.0 Å². The number of furan rings is 1. The Morgan fingerprint density at radius 1 is 0.903 bits per heavy atom. The van der Waals surface area contributed by atoms with E-state index in [1.165, 1.54) is 18.4 Å². The summed E-state index contributed by atoms with van der Waals surface area (Å²) in [5, 5.41) is 2.51. The van der Waals surface area contributed by atoms with Gasteiger partial charge in [-0.3, -0.25) is 24.0 Å². The van der Waals surface area contributed by atoms with Crippen LogP contribution in [0.3, 0.4) is 0 Å². The molecule has 1 saturated heterocycles. The van der Waals surface area contributed by atoms with E-state index in [4.69, 9.17) is 28.1 Å². The van der Waals surface area contributed by atoms with Gasteiger partial charge < -0.3 is 33.4 Å². The Morgan fingerprint density at radius 2 is 1.52 bits per heavy atom. The normalized spacial score (nSPS) is 25.1. The summed E-state index contributed by atoms with van der Waals surface area (Å²) in [5.74, 6) is -3.73. The highest BCUT2D eigenvalue weighted by molar-refractivity contribution is 5.91. The molecule has 2 rings (SSSR count). The lowest BCUT2D eigenvalue weighted by atomic mass is 9.96. The summed E-state index contributed by atoms with van der Waals surface area (Å²) in [6.07, 6.45) is -4.00. The molecule has 5 atom stereocenters. The molecule has 1 amide bonds. The number of rotatable bonds is 7. The van der Waals surface area contributed by atoms with Gasteiger partial charge in [0.05, 0.1) is 6.26 Å². The molecular formula is C19H23NO11. The summed E-state index contributed by atoms with van der Waals surface area (Å²) >= 11 is 0. The van der Waals surface area contributed by atoms with Crippen LogP contribution in [0.4, 0.5) is 0 Å². The summed E-state index contributed by atoms with van der Waals surface area (Å²) in [7, 11) is 0. The van der Waals surface area contributed by atoms with Gasteiger partial charge in [0.2, 0.25) is 6.29 Å². The van der Waals surface area contributed by atoms with Crippen LogP contribution < -0.4 is 5.32 Å². The molecule has 2 heterocycles. The van der Waals surface area contributed by atoms with Gasteiger partial charge in [-0.2, -0.15) is 0 Å². The van der Waals surface area contributed by atoms with E-state index in [0.29, 0.717) is 0 Å². The van der Waals surface area contributed by atoms with E-state index in [1.54, 1.807) is 0 Å². The predicted molar refractivity (Wildman–Crippen MR) is 98.1 cm³/mol. The molecule has 12 nitrogen and oxygen atoms in total. The molecule has 0 unspecified atom stereocenters. The molecule has 1 aliphatic heterocycles. The summed E-state index contributed by atoms with van der Waals surface area (Å²) in [5.41, 5.74) is 0. The predicted octanol–water partition coefficient (Wildman–Crippen LogP) is 0.0925. The lowest BCUT2D eigenvalue weighted by Crippen LogP contribution is -2.67. The highest BCUT2D eigenvalue weighted by Gasteiger charge is 2.52. The Morgan fingerprint density at radius 3 is 2.03 bits per heavy atom. The monoisotopic (exact) mass is 441 g/mol. The van der Waals surface area contributed by atoms with Crippen molar-refractivity contribution in [3.63, 3.8) is 0 Å². The van der Waals surface area contributed by atoms with Gasteiger partial charge in [-0.1, -0.05) is 0 Å². The molecule has 0 aliphatic carbocycles. The van der Waals surface area contributed by atoms with E-state index in [2.05, 4.69) is 5.32 Å². The Hall–Kier alpha value is -3.41. The van der Waals surface area contributed by atoms with Crippen molar-refractivity contribution in [3.05, 3.63) is 24.2 Å². The first-order valence-electron chi connectivity index (χ1n) is 9.23. The number of carbonyl (C=O) groups is 5. The first-order valence-corrected chi connectivity index (χ1v) is 9.23.